The summed E-state index contributed by atoms with van der Waals surface area (Å²) in [4.78, 5) is 6.50. The summed E-state index contributed by atoms with van der Waals surface area (Å²) in [5.74, 6) is 0.891. The predicted molar refractivity (Wildman–Crippen MR) is 74.5 cm³/mol. The van der Waals surface area contributed by atoms with Gasteiger partial charge in [-0.15, -0.1) is 0 Å². The minimum atomic E-state index is 0.699. The number of nitrogens with zero attached hydrogens (tertiary/aromatic N) is 2. The Balaban J connectivity index is 2.16. The molecule has 0 atom stereocenters. The van der Waals surface area contributed by atoms with Gasteiger partial charge in [0.15, 0.2) is 0 Å². The van der Waals surface area contributed by atoms with Crippen molar-refractivity contribution < 1.29 is 4.74 Å². The van der Waals surface area contributed by atoms with Crippen LogP contribution in [-0.4, -0.2) is 50.3 Å². The molecule has 1 heterocycles. The molecule has 0 aliphatic rings. The summed E-state index contributed by atoms with van der Waals surface area (Å²) in [5.41, 5.74) is 0.989. The number of pyridine rings is 1. The molecular formula is C12H20BrN3O. The first-order valence-corrected chi connectivity index (χ1v) is 6.48. The van der Waals surface area contributed by atoms with Crippen molar-refractivity contribution in [3.05, 3.63) is 22.3 Å². The smallest absolute Gasteiger partial charge is 0.126 e. The Bertz CT molecular complexity index is 345. The van der Waals surface area contributed by atoms with Crippen molar-refractivity contribution in [2.24, 2.45) is 0 Å². The summed E-state index contributed by atoms with van der Waals surface area (Å²) in [6.45, 7) is 5.17. The number of halogens is 1. The lowest BCUT2D eigenvalue weighted by Gasteiger charge is -2.10. The predicted octanol–water partition coefficient (Wildman–Crippen LogP) is 2.14. The fourth-order valence-corrected chi connectivity index (χ4v) is 1.46. The van der Waals surface area contributed by atoms with Crippen LogP contribution in [0.25, 0.3) is 0 Å². The molecule has 0 unspecified atom stereocenters. The molecule has 0 bridgehead atoms. The Kier molecular flexibility index (Phi) is 6.47. The molecule has 4 nitrogen and oxygen atoms in total. The van der Waals surface area contributed by atoms with E-state index in [0.717, 1.165) is 35.7 Å². The van der Waals surface area contributed by atoms with E-state index >= 15 is 0 Å². The highest BCUT2D eigenvalue weighted by Gasteiger charge is 1.98. The number of likely N-dealkylation sites (N-methyl/N-ethyl adjacent to an activating group) is 1. The molecule has 5 heteroatoms. The van der Waals surface area contributed by atoms with E-state index in [1.165, 1.54) is 0 Å². The lowest BCUT2D eigenvalue weighted by atomic mass is 10.4. The summed E-state index contributed by atoms with van der Waals surface area (Å²) in [6.07, 6.45) is 0. The topological polar surface area (TPSA) is 37.4 Å². The van der Waals surface area contributed by atoms with Gasteiger partial charge >= 0.3 is 0 Å². The van der Waals surface area contributed by atoms with Crippen LogP contribution in [0.5, 0.6) is 0 Å². The van der Waals surface area contributed by atoms with E-state index in [0.29, 0.717) is 6.61 Å². The van der Waals surface area contributed by atoms with E-state index in [-0.39, 0.29) is 0 Å². The summed E-state index contributed by atoms with van der Waals surface area (Å²) in [5, 5.41) is 3.23. The van der Waals surface area contributed by atoms with Gasteiger partial charge in [-0.1, -0.05) is 0 Å². The van der Waals surface area contributed by atoms with Gasteiger partial charge in [0, 0.05) is 17.6 Å². The molecule has 0 radical (unpaired) electrons. The standard InChI is InChI=1S/C12H20BrN3O/c1-10-11(13)4-5-12(15-10)14-6-8-17-9-7-16(2)3/h4-5H,6-9H2,1-3H3,(H,14,15). The fourth-order valence-electron chi connectivity index (χ4n) is 1.24. The van der Waals surface area contributed by atoms with Crippen molar-refractivity contribution in [3.8, 4) is 0 Å². The SMILES string of the molecule is Cc1nc(NCCOCCN(C)C)ccc1Br. The quantitative estimate of drug-likeness (QED) is 0.783. The highest BCUT2D eigenvalue weighted by molar-refractivity contribution is 9.10. The third kappa shape index (κ3) is 6.00. The number of anilines is 1. The zero-order valence-electron chi connectivity index (χ0n) is 10.7. The Morgan fingerprint density at radius 1 is 1.35 bits per heavy atom. The molecule has 0 aliphatic heterocycles. The average molecular weight is 302 g/mol. The van der Waals surface area contributed by atoms with Gasteiger partial charge in [-0.25, -0.2) is 4.98 Å². The molecule has 1 N–H and O–H groups in total. The Morgan fingerprint density at radius 2 is 2.12 bits per heavy atom. The molecule has 96 valence electrons. The second kappa shape index (κ2) is 7.63. The first-order chi connectivity index (χ1) is 8.09. The van der Waals surface area contributed by atoms with E-state index in [4.69, 9.17) is 4.74 Å². The highest BCUT2D eigenvalue weighted by Crippen LogP contribution is 2.15. The molecule has 0 aromatic carbocycles. The maximum Gasteiger partial charge on any atom is 0.126 e. The van der Waals surface area contributed by atoms with Crippen LogP contribution >= 0.6 is 15.9 Å². The van der Waals surface area contributed by atoms with Crippen molar-refractivity contribution in [2.45, 2.75) is 6.92 Å². The van der Waals surface area contributed by atoms with E-state index in [1.807, 2.05) is 33.2 Å². The minimum Gasteiger partial charge on any atom is -0.378 e. The van der Waals surface area contributed by atoms with Crippen molar-refractivity contribution >= 4 is 21.7 Å². The van der Waals surface area contributed by atoms with Crippen LogP contribution < -0.4 is 5.32 Å². The molecule has 1 aromatic rings. The number of hydrogen-bond acceptors (Lipinski definition) is 4. The summed E-state index contributed by atoms with van der Waals surface area (Å²) in [6, 6.07) is 3.95. The molecule has 17 heavy (non-hydrogen) atoms. The molecule has 0 saturated heterocycles. The van der Waals surface area contributed by atoms with Gasteiger partial charge < -0.3 is 15.0 Å². The minimum absolute atomic E-state index is 0.699. The molecule has 0 aliphatic carbocycles. The highest BCUT2D eigenvalue weighted by atomic mass is 79.9. The zero-order valence-corrected chi connectivity index (χ0v) is 12.2. The van der Waals surface area contributed by atoms with Gasteiger partial charge in [-0.3, -0.25) is 0 Å². The van der Waals surface area contributed by atoms with Crippen LogP contribution in [-0.2, 0) is 4.74 Å². The van der Waals surface area contributed by atoms with Crippen LogP contribution in [0.2, 0.25) is 0 Å². The van der Waals surface area contributed by atoms with Gasteiger partial charge in [-0.2, -0.15) is 0 Å². The van der Waals surface area contributed by atoms with Gasteiger partial charge in [0.25, 0.3) is 0 Å². The molecule has 1 rings (SSSR count). The summed E-state index contributed by atoms with van der Waals surface area (Å²) in [7, 11) is 4.08. The number of hydrogen-bond donors (Lipinski definition) is 1. The first-order valence-electron chi connectivity index (χ1n) is 5.69. The van der Waals surface area contributed by atoms with Crippen molar-refractivity contribution in [3.63, 3.8) is 0 Å². The number of nitrogens with one attached hydrogen (secondary N) is 1. The second-order valence-electron chi connectivity index (χ2n) is 4.11. The maximum atomic E-state index is 5.48. The van der Waals surface area contributed by atoms with Crippen LogP contribution in [0.3, 0.4) is 0 Å². The van der Waals surface area contributed by atoms with Gasteiger partial charge in [0.1, 0.15) is 5.82 Å². The van der Waals surface area contributed by atoms with Crippen molar-refractivity contribution in [2.75, 3.05) is 45.7 Å². The van der Waals surface area contributed by atoms with Crippen LogP contribution in [0.4, 0.5) is 5.82 Å². The number of rotatable bonds is 7. The van der Waals surface area contributed by atoms with Crippen molar-refractivity contribution in [1.82, 2.24) is 9.88 Å². The fraction of sp³-hybridized carbons (Fsp3) is 0.583. The molecule has 1 aromatic heterocycles. The normalized spacial score (nSPS) is 10.9. The number of ether oxygens (including phenoxy) is 1. The van der Waals surface area contributed by atoms with E-state index in [2.05, 4.69) is 31.1 Å². The summed E-state index contributed by atoms with van der Waals surface area (Å²) >= 11 is 3.43. The lowest BCUT2D eigenvalue weighted by Crippen LogP contribution is -2.20. The molecule has 0 fully saturated rings. The average Bonchev–Trinajstić information content (AvgIpc) is 2.27. The Labute approximate surface area is 111 Å². The van der Waals surface area contributed by atoms with Crippen LogP contribution in [0.15, 0.2) is 16.6 Å². The third-order valence-electron chi connectivity index (χ3n) is 2.26. The molecular weight excluding hydrogens is 282 g/mol. The summed E-state index contributed by atoms with van der Waals surface area (Å²) < 4.78 is 6.51. The van der Waals surface area contributed by atoms with Crippen LogP contribution in [0, 0.1) is 6.92 Å². The Morgan fingerprint density at radius 3 is 2.76 bits per heavy atom. The van der Waals surface area contributed by atoms with Crippen LogP contribution in [0.1, 0.15) is 5.69 Å². The van der Waals surface area contributed by atoms with E-state index < -0.39 is 0 Å². The van der Waals surface area contributed by atoms with E-state index in [9.17, 15) is 0 Å². The Hall–Kier alpha value is -0.650. The zero-order chi connectivity index (χ0) is 12.7. The lowest BCUT2D eigenvalue weighted by molar-refractivity contribution is 0.126. The molecule has 0 amide bonds. The van der Waals surface area contributed by atoms with Crippen molar-refractivity contribution in [1.29, 1.82) is 0 Å². The first kappa shape index (κ1) is 14.4. The van der Waals surface area contributed by atoms with E-state index in [1.54, 1.807) is 0 Å². The van der Waals surface area contributed by atoms with Gasteiger partial charge in [0.2, 0.25) is 0 Å². The molecule has 0 spiro atoms. The second-order valence-corrected chi connectivity index (χ2v) is 4.96. The largest absolute Gasteiger partial charge is 0.378 e. The van der Waals surface area contributed by atoms with Gasteiger partial charge in [-0.05, 0) is 49.1 Å². The third-order valence-corrected chi connectivity index (χ3v) is 3.09. The van der Waals surface area contributed by atoms with Gasteiger partial charge in [0.05, 0.1) is 18.9 Å². The monoisotopic (exact) mass is 301 g/mol. The maximum absolute atomic E-state index is 5.48. The molecule has 0 saturated carbocycles. The number of aromatic nitrogens is 1. The number of aryl methyl sites for hydroxylation is 1.